The van der Waals surface area contributed by atoms with Gasteiger partial charge in [-0.2, -0.15) is 0 Å². The molecule has 0 saturated carbocycles. The molecule has 0 fully saturated rings. The van der Waals surface area contributed by atoms with Crippen LogP contribution in [0.25, 0.3) is 0 Å². The molecule has 1 aromatic carbocycles. The first-order valence-corrected chi connectivity index (χ1v) is 6.78. The Bertz CT molecular complexity index is 509. The summed E-state index contributed by atoms with van der Waals surface area (Å²) in [6.45, 7) is 4.97. The van der Waals surface area contributed by atoms with E-state index in [-0.39, 0.29) is 10.8 Å². The first-order valence-electron chi connectivity index (χ1n) is 6.40. The summed E-state index contributed by atoms with van der Waals surface area (Å²) in [7, 11) is 0. The van der Waals surface area contributed by atoms with Crippen LogP contribution < -0.4 is 10.2 Å². The SMILES string of the molecule is CC(C)N(CC1=CCC=CN1)c1ccc(F)c(Cl)c1. The number of allylic oxidation sites excluding steroid dienone is 2. The van der Waals surface area contributed by atoms with Gasteiger partial charge in [-0.15, -0.1) is 0 Å². The smallest absolute Gasteiger partial charge is 0.141 e. The van der Waals surface area contributed by atoms with E-state index < -0.39 is 0 Å². The van der Waals surface area contributed by atoms with Gasteiger partial charge in [0.05, 0.1) is 11.6 Å². The Balaban J connectivity index is 2.19. The summed E-state index contributed by atoms with van der Waals surface area (Å²) in [6.07, 6.45) is 7.11. The van der Waals surface area contributed by atoms with Crippen LogP contribution in [0.2, 0.25) is 5.02 Å². The van der Waals surface area contributed by atoms with Crippen LogP contribution in [0.15, 0.2) is 42.2 Å². The minimum Gasteiger partial charge on any atom is -0.364 e. The average Bonchev–Trinajstić information content (AvgIpc) is 2.40. The lowest BCUT2D eigenvalue weighted by Crippen LogP contribution is -2.35. The van der Waals surface area contributed by atoms with E-state index in [4.69, 9.17) is 11.6 Å². The van der Waals surface area contributed by atoms with E-state index in [1.165, 1.54) is 6.07 Å². The molecule has 0 spiro atoms. The Morgan fingerprint density at radius 3 is 2.79 bits per heavy atom. The maximum Gasteiger partial charge on any atom is 0.141 e. The van der Waals surface area contributed by atoms with Crippen molar-refractivity contribution < 1.29 is 4.39 Å². The second-order valence-corrected chi connectivity index (χ2v) is 5.24. The molecule has 0 aliphatic carbocycles. The van der Waals surface area contributed by atoms with Crippen molar-refractivity contribution in [1.82, 2.24) is 5.32 Å². The van der Waals surface area contributed by atoms with Crippen LogP contribution in [0, 0.1) is 5.82 Å². The molecule has 0 bridgehead atoms. The third-order valence-corrected chi connectivity index (χ3v) is 3.38. The van der Waals surface area contributed by atoms with Crippen LogP contribution in [-0.2, 0) is 0 Å². The van der Waals surface area contributed by atoms with Crippen molar-refractivity contribution in [3.8, 4) is 0 Å². The third-order valence-electron chi connectivity index (χ3n) is 3.09. The van der Waals surface area contributed by atoms with Crippen molar-refractivity contribution in [3.05, 3.63) is 53.1 Å². The fourth-order valence-electron chi connectivity index (χ4n) is 2.03. The van der Waals surface area contributed by atoms with E-state index in [0.717, 1.165) is 24.4 Å². The quantitative estimate of drug-likeness (QED) is 0.894. The van der Waals surface area contributed by atoms with Crippen LogP contribution >= 0.6 is 11.6 Å². The number of nitrogens with zero attached hydrogens (tertiary/aromatic N) is 1. The molecule has 0 amide bonds. The van der Waals surface area contributed by atoms with Crippen LogP contribution in [0.5, 0.6) is 0 Å². The van der Waals surface area contributed by atoms with Crippen molar-refractivity contribution in [1.29, 1.82) is 0 Å². The van der Waals surface area contributed by atoms with Crippen molar-refractivity contribution in [2.24, 2.45) is 0 Å². The number of dihydropyridines is 1. The Morgan fingerprint density at radius 1 is 1.42 bits per heavy atom. The second-order valence-electron chi connectivity index (χ2n) is 4.83. The lowest BCUT2D eigenvalue weighted by atomic mass is 10.2. The summed E-state index contributed by atoms with van der Waals surface area (Å²) in [5.74, 6) is -0.382. The highest BCUT2D eigenvalue weighted by atomic mass is 35.5. The molecule has 2 nitrogen and oxygen atoms in total. The first kappa shape index (κ1) is 13.9. The summed E-state index contributed by atoms with van der Waals surface area (Å²) in [5, 5.41) is 3.39. The van der Waals surface area contributed by atoms with Crippen molar-refractivity contribution in [3.63, 3.8) is 0 Å². The van der Waals surface area contributed by atoms with Crippen LogP contribution in [0.1, 0.15) is 20.3 Å². The van der Waals surface area contributed by atoms with E-state index in [2.05, 4.69) is 36.2 Å². The van der Waals surface area contributed by atoms with Gasteiger partial charge in [-0.05, 0) is 44.7 Å². The predicted molar refractivity (Wildman–Crippen MR) is 78.9 cm³/mol. The van der Waals surface area contributed by atoms with Gasteiger partial charge < -0.3 is 10.2 Å². The van der Waals surface area contributed by atoms with Gasteiger partial charge in [0, 0.05) is 17.4 Å². The van der Waals surface area contributed by atoms with E-state index in [9.17, 15) is 4.39 Å². The fraction of sp³-hybridized carbons (Fsp3) is 0.333. The summed E-state index contributed by atoms with van der Waals surface area (Å²) in [6, 6.07) is 5.15. The van der Waals surface area contributed by atoms with Gasteiger partial charge in [-0.3, -0.25) is 0 Å². The molecule has 1 aromatic rings. The minimum absolute atomic E-state index is 0.161. The van der Waals surface area contributed by atoms with Gasteiger partial charge >= 0.3 is 0 Å². The largest absolute Gasteiger partial charge is 0.364 e. The van der Waals surface area contributed by atoms with E-state index >= 15 is 0 Å². The molecule has 1 N–H and O–H groups in total. The number of hydrogen-bond acceptors (Lipinski definition) is 2. The highest BCUT2D eigenvalue weighted by Gasteiger charge is 2.14. The number of rotatable bonds is 4. The molecule has 0 unspecified atom stereocenters. The molecule has 19 heavy (non-hydrogen) atoms. The Kier molecular flexibility index (Phi) is 4.48. The molecular weight excluding hydrogens is 263 g/mol. The van der Waals surface area contributed by atoms with Gasteiger partial charge in [-0.25, -0.2) is 4.39 Å². The van der Waals surface area contributed by atoms with Crippen molar-refractivity contribution in [2.45, 2.75) is 26.3 Å². The average molecular weight is 281 g/mol. The molecule has 1 aliphatic heterocycles. The first-order chi connectivity index (χ1) is 9.08. The maximum absolute atomic E-state index is 13.2. The third kappa shape index (κ3) is 3.51. The fourth-order valence-corrected chi connectivity index (χ4v) is 2.21. The van der Waals surface area contributed by atoms with Gasteiger partial charge in [0.1, 0.15) is 5.82 Å². The summed E-state index contributed by atoms with van der Waals surface area (Å²) in [5.41, 5.74) is 2.08. The lowest BCUT2D eigenvalue weighted by molar-refractivity contribution is 0.626. The molecule has 102 valence electrons. The number of hydrogen-bond donors (Lipinski definition) is 1. The molecular formula is C15H18ClFN2. The number of halogens is 2. The molecule has 0 saturated heterocycles. The van der Waals surface area contributed by atoms with E-state index in [1.807, 2.05) is 6.20 Å². The van der Waals surface area contributed by atoms with Crippen LogP contribution in [0.4, 0.5) is 10.1 Å². The van der Waals surface area contributed by atoms with Gasteiger partial charge in [0.25, 0.3) is 0 Å². The topological polar surface area (TPSA) is 15.3 Å². The van der Waals surface area contributed by atoms with E-state index in [0.29, 0.717) is 6.04 Å². The van der Waals surface area contributed by atoms with Crippen molar-refractivity contribution >= 4 is 17.3 Å². The Hall–Kier alpha value is -1.48. The predicted octanol–water partition coefficient (Wildman–Crippen LogP) is 4.08. The molecule has 1 aliphatic rings. The zero-order valence-electron chi connectivity index (χ0n) is 11.2. The number of benzene rings is 1. The highest BCUT2D eigenvalue weighted by Crippen LogP contribution is 2.25. The van der Waals surface area contributed by atoms with Crippen LogP contribution in [0.3, 0.4) is 0 Å². The molecule has 1 heterocycles. The summed E-state index contributed by atoms with van der Waals surface area (Å²) >= 11 is 5.86. The zero-order valence-corrected chi connectivity index (χ0v) is 11.9. The van der Waals surface area contributed by atoms with Gasteiger partial charge in [-0.1, -0.05) is 23.8 Å². The maximum atomic E-state index is 13.2. The molecule has 0 aromatic heterocycles. The van der Waals surface area contributed by atoms with Gasteiger partial charge in [0.2, 0.25) is 0 Å². The summed E-state index contributed by atoms with van der Waals surface area (Å²) < 4.78 is 13.2. The second kappa shape index (κ2) is 6.11. The molecule has 0 atom stereocenters. The number of nitrogens with one attached hydrogen (secondary N) is 1. The zero-order chi connectivity index (χ0) is 13.8. The van der Waals surface area contributed by atoms with Crippen LogP contribution in [-0.4, -0.2) is 12.6 Å². The monoisotopic (exact) mass is 280 g/mol. The van der Waals surface area contributed by atoms with Crippen molar-refractivity contribution in [2.75, 3.05) is 11.4 Å². The van der Waals surface area contributed by atoms with E-state index in [1.54, 1.807) is 12.1 Å². The Morgan fingerprint density at radius 2 is 2.21 bits per heavy atom. The standard InChI is InChI=1S/C15H18ClFN2/c1-11(2)19(10-12-5-3-4-8-18-12)13-6-7-15(17)14(16)9-13/h4-9,11,18H,3,10H2,1-2H3. The normalized spacial score (nSPS) is 14.3. The highest BCUT2D eigenvalue weighted by molar-refractivity contribution is 6.31. The molecule has 4 heteroatoms. The molecule has 2 rings (SSSR count). The summed E-state index contributed by atoms with van der Waals surface area (Å²) in [4.78, 5) is 2.18. The Labute approximate surface area is 118 Å². The lowest BCUT2D eigenvalue weighted by Gasteiger charge is -2.30. The minimum atomic E-state index is -0.382. The number of anilines is 1. The van der Waals surface area contributed by atoms with Gasteiger partial charge in [0.15, 0.2) is 0 Å². The molecule has 0 radical (unpaired) electrons.